The molecule has 1 rings (SSSR count). The molecule has 0 aliphatic carbocycles. The van der Waals surface area contributed by atoms with E-state index in [9.17, 15) is 19.5 Å². The molecule has 0 aromatic rings. The van der Waals surface area contributed by atoms with E-state index in [1.165, 1.54) is 0 Å². The maximum atomic E-state index is 10.9. The second-order valence-corrected chi connectivity index (χ2v) is 2.73. The molecule has 0 spiro atoms. The molecule has 1 aliphatic heterocycles. The van der Waals surface area contributed by atoms with Crippen LogP contribution in [0.15, 0.2) is 0 Å². The summed E-state index contributed by atoms with van der Waals surface area (Å²) in [5, 5.41) is 11.2. The van der Waals surface area contributed by atoms with Gasteiger partial charge in [-0.3, -0.25) is 19.7 Å². The van der Waals surface area contributed by atoms with Crippen LogP contribution in [0.3, 0.4) is 0 Å². The van der Waals surface area contributed by atoms with E-state index in [1.54, 1.807) is 0 Å². The van der Waals surface area contributed by atoms with Gasteiger partial charge in [0.05, 0.1) is 12.8 Å². The number of carbonyl (C=O) groups is 3. The zero-order chi connectivity index (χ0) is 9.35. The Hall–Kier alpha value is -1.43. The van der Waals surface area contributed by atoms with Crippen molar-refractivity contribution in [1.82, 2.24) is 5.32 Å². The highest BCUT2D eigenvalue weighted by molar-refractivity contribution is 6.09. The van der Waals surface area contributed by atoms with Crippen molar-refractivity contribution in [3.63, 3.8) is 0 Å². The van der Waals surface area contributed by atoms with E-state index in [0.717, 1.165) is 0 Å². The van der Waals surface area contributed by atoms with E-state index in [-0.39, 0.29) is 0 Å². The first-order valence-electron chi connectivity index (χ1n) is 3.29. The molecule has 1 aliphatic rings. The summed E-state index contributed by atoms with van der Waals surface area (Å²) in [5.41, 5.74) is 2.85. The van der Waals surface area contributed by atoms with Crippen molar-refractivity contribution < 1.29 is 19.5 Å². The Balaban J connectivity index is 2.77. The summed E-state index contributed by atoms with van der Waals surface area (Å²) in [6.07, 6.45) is -0.917. The lowest BCUT2D eigenvalue weighted by Crippen LogP contribution is -2.41. The normalized spacial score (nSPS) is 28.8. The summed E-state index contributed by atoms with van der Waals surface area (Å²) in [5.74, 6) is -2.27. The van der Waals surface area contributed by atoms with Crippen LogP contribution < -0.4 is 11.1 Å². The highest BCUT2D eigenvalue weighted by Gasteiger charge is 2.46. The van der Waals surface area contributed by atoms with Gasteiger partial charge in [-0.2, -0.15) is 0 Å². The molecule has 12 heavy (non-hydrogen) atoms. The molecule has 3 amide bonds. The number of carbonyl (C=O) groups excluding carboxylic acids is 3. The van der Waals surface area contributed by atoms with Crippen LogP contribution >= 0.6 is 0 Å². The smallest absolute Gasteiger partial charge is 0.259 e. The number of hydrogen-bond acceptors (Lipinski definition) is 4. The van der Waals surface area contributed by atoms with Gasteiger partial charge >= 0.3 is 0 Å². The fourth-order valence-electron chi connectivity index (χ4n) is 1.06. The van der Waals surface area contributed by atoms with Crippen LogP contribution in [-0.4, -0.2) is 28.4 Å². The van der Waals surface area contributed by atoms with Gasteiger partial charge in [-0.1, -0.05) is 0 Å². The topological polar surface area (TPSA) is 109 Å². The fourth-order valence-corrected chi connectivity index (χ4v) is 1.06. The Morgan fingerprint density at radius 3 is 2.58 bits per heavy atom. The van der Waals surface area contributed by atoms with E-state index in [2.05, 4.69) is 0 Å². The van der Waals surface area contributed by atoms with Crippen molar-refractivity contribution in [3.05, 3.63) is 0 Å². The van der Waals surface area contributed by atoms with Gasteiger partial charge in [0.15, 0.2) is 5.60 Å². The zero-order valence-electron chi connectivity index (χ0n) is 6.16. The van der Waals surface area contributed by atoms with Crippen LogP contribution in [0.4, 0.5) is 0 Å². The summed E-state index contributed by atoms with van der Waals surface area (Å²) in [4.78, 5) is 31.8. The van der Waals surface area contributed by atoms with Crippen molar-refractivity contribution in [1.29, 1.82) is 0 Å². The molecule has 4 N–H and O–H groups in total. The molecule has 0 radical (unpaired) electrons. The molecule has 1 saturated heterocycles. The molecule has 6 nitrogen and oxygen atoms in total. The maximum absolute atomic E-state index is 10.9. The third-order valence-corrected chi connectivity index (χ3v) is 1.60. The Kier molecular flexibility index (Phi) is 1.85. The molecule has 1 atom stereocenters. The Morgan fingerprint density at radius 2 is 2.25 bits per heavy atom. The van der Waals surface area contributed by atoms with Crippen LogP contribution in [0.5, 0.6) is 0 Å². The average Bonchev–Trinajstić information content (AvgIpc) is 2.04. The van der Waals surface area contributed by atoms with Crippen LogP contribution in [0.2, 0.25) is 0 Å². The number of rotatable bonds is 2. The molecule has 1 unspecified atom stereocenters. The molecule has 0 saturated carbocycles. The molecule has 6 heteroatoms. The predicted octanol–water partition coefficient (Wildman–Crippen LogP) is -2.36. The Labute approximate surface area is 67.7 Å². The number of amides is 3. The second-order valence-electron chi connectivity index (χ2n) is 2.73. The van der Waals surface area contributed by atoms with E-state index in [0.29, 0.717) is 0 Å². The third kappa shape index (κ3) is 1.42. The highest BCUT2D eigenvalue weighted by atomic mass is 16.3. The number of imide groups is 1. The Bertz CT molecular complexity index is 262. The first kappa shape index (κ1) is 8.66. The van der Waals surface area contributed by atoms with E-state index in [1.807, 2.05) is 5.32 Å². The number of aliphatic hydroxyl groups is 1. The minimum atomic E-state index is -1.93. The average molecular weight is 172 g/mol. The monoisotopic (exact) mass is 172 g/mol. The number of nitrogens with one attached hydrogen (secondary N) is 1. The summed E-state index contributed by atoms with van der Waals surface area (Å²) in [6, 6.07) is 0. The number of hydrogen-bond donors (Lipinski definition) is 3. The fraction of sp³-hybridized carbons (Fsp3) is 0.500. The standard InChI is InChI=1S/C6H8N2O4/c7-3(9)1-6(12)2-4(10)8-5(6)11/h12H,1-2H2,(H2,7,9)(H,8,10,11). The van der Waals surface area contributed by atoms with Crippen LogP contribution in [-0.2, 0) is 14.4 Å². The molecule has 0 bridgehead atoms. The first-order chi connectivity index (χ1) is 5.44. The lowest BCUT2D eigenvalue weighted by molar-refractivity contribution is -0.140. The summed E-state index contributed by atoms with van der Waals surface area (Å²) in [7, 11) is 0. The van der Waals surface area contributed by atoms with Crippen molar-refractivity contribution in [3.8, 4) is 0 Å². The number of primary amides is 1. The first-order valence-corrected chi connectivity index (χ1v) is 3.29. The summed E-state index contributed by atoms with van der Waals surface area (Å²) in [6.45, 7) is 0. The second kappa shape index (κ2) is 2.56. The summed E-state index contributed by atoms with van der Waals surface area (Å²) >= 11 is 0. The molecular weight excluding hydrogens is 164 g/mol. The minimum Gasteiger partial charge on any atom is -0.379 e. The Morgan fingerprint density at radius 1 is 1.67 bits per heavy atom. The zero-order valence-corrected chi connectivity index (χ0v) is 6.16. The minimum absolute atomic E-state index is 0.394. The van der Waals surface area contributed by atoms with Crippen LogP contribution in [0.25, 0.3) is 0 Å². The van der Waals surface area contributed by atoms with Crippen molar-refractivity contribution in [2.45, 2.75) is 18.4 Å². The molecule has 66 valence electrons. The van der Waals surface area contributed by atoms with Crippen molar-refractivity contribution in [2.75, 3.05) is 0 Å². The van der Waals surface area contributed by atoms with Crippen LogP contribution in [0, 0.1) is 0 Å². The van der Waals surface area contributed by atoms with E-state index >= 15 is 0 Å². The third-order valence-electron chi connectivity index (χ3n) is 1.60. The summed E-state index contributed by atoms with van der Waals surface area (Å²) < 4.78 is 0. The van der Waals surface area contributed by atoms with Gasteiger partial charge in [0, 0.05) is 0 Å². The van der Waals surface area contributed by atoms with Crippen molar-refractivity contribution in [2.24, 2.45) is 5.73 Å². The molecule has 0 aromatic heterocycles. The van der Waals surface area contributed by atoms with Crippen LogP contribution in [0.1, 0.15) is 12.8 Å². The largest absolute Gasteiger partial charge is 0.379 e. The SMILES string of the molecule is NC(=O)CC1(O)CC(=O)NC1=O. The van der Waals surface area contributed by atoms with Crippen molar-refractivity contribution >= 4 is 17.7 Å². The maximum Gasteiger partial charge on any atom is 0.259 e. The lowest BCUT2D eigenvalue weighted by atomic mass is 9.98. The van der Waals surface area contributed by atoms with Gasteiger partial charge in [0.25, 0.3) is 5.91 Å². The highest BCUT2D eigenvalue weighted by Crippen LogP contribution is 2.20. The lowest BCUT2D eigenvalue weighted by Gasteiger charge is -2.14. The molecule has 0 aromatic carbocycles. The quantitative estimate of drug-likeness (QED) is 0.404. The van der Waals surface area contributed by atoms with Gasteiger partial charge in [-0.15, -0.1) is 0 Å². The molecule has 1 heterocycles. The van der Waals surface area contributed by atoms with Gasteiger partial charge in [0.2, 0.25) is 11.8 Å². The van der Waals surface area contributed by atoms with Gasteiger partial charge in [-0.05, 0) is 0 Å². The van der Waals surface area contributed by atoms with Gasteiger partial charge < -0.3 is 10.8 Å². The van der Waals surface area contributed by atoms with Gasteiger partial charge in [-0.25, -0.2) is 0 Å². The number of nitrogens with two attached hydrogens (primary N) is 1. The van der Waals surface area contributed by atoms with Gasteiger partial charge in [0.1, 0.15) is 0 Å². The predicted molar refractivity (Wildman–Crippen MR) is 36.5 cm³/mol. The molecular formula is C6H8N2O4. The molecule has 1 fully saturated rings. The van der Waals surface area contributed by atoms with E-state index in [4.69, 9.17) is 5.73 Å². The van der Waals surface area contributed by atoms with E-state index < -0.39 is 36.2 Å².